The third-order valence-corrected chi connectivity index (χ3v) is 5.46. The molecule has 1 aliphatic carbocycles. The molecule has 1 fully saturated rings. The van der Waals surface area contributed by atoms with Gasteiger partial charge in [0, 0.05) is 18.5 Å². The van der Waals surface area contributed by atoms with Crippen molar-refractivity contribution in [3.05, 3.63) is 40.0 Å². The Morgan fingerprint density at radius 3 is 2.83 bits per heavy atom. The molecule has 1 amide bonds. The van der Waals surface area contributed by atoms with Crippen molar-refractivity contribution in [2.75, 3.05) is 6.54 Å². The largest absolute Gasteiger partial charge is 0.354 e. The first-order valence-electron chi connectivity index (χ1n) is 8.56. The maximum Gasteiger partial charge on any atom is 0.267 e. The summed E-state index contributed by atoms with van der Waals surface area (Å²) in [6.07, 6.45) is 5.46. The predicted octanol–water partition coefficient (Wildman–Crippen LogP) is 3.23. The number of carbonyl (C=O) groups excluding carboxylic acids is 1. The highest BCUT2D eigenvalue weighted by atomic mass is 32.1. The predicted molar refractivity (Wildman–Crippen MR) is 96.1 cm³/mol. The second-order valence-electron chi connectivity index (χ2n) is 6.41. The van der Waals surface area contributed by atoms with Gasteiger partial charge in [0.1, 0.15) is 5.69 Å². The third-order valence-electron chi connectivity index (χ3n) is 4.56. The molecule has 0 aliphatic heterocycles. The number of thiophene rings is 1. The zero-order valence-corrected chi connectivity index (χ0v) is 14.7. The molecule has 2 heterocycles. The minimum atomic E-state index is -0.176. The van der Waals surface area contributed by atoms with Gasteiger partial charge in [-0.1, -0.05) is 25.3 Å². The third kappa shape index (κ3) is 3.93. The molecule has 1 N–H and O–H groups in total. The summed E-state index contributed by atoms with van der Waals surface area (Å²) in [5.74, 6) is 0.247. The maximum atomic E-state index is 12.3. The number of hydrogen-bond acceptors (Lipinski definition) is 4. The lowest BCUT2D eigenvalue weighted by atomic mass is 9.88. The monoisotopic (exact) mass is 345 g/mol. The van der Waals surface area contributed by atoms with Gasteiger partial charge in [-0.2, -0.15) is 5.10 Å². The van der Waals surface area contributed by atoms with Crippen molar-refractivity contribution in [1.82, 2.24) is 15.1 Å². The van der Waals surface area contributed by atoms with Crippen molar-refractivity contribution in [3.63, 3.8) is 0 Å². The van der Waals surface area contributed by atoms with Crippen LogP contribution in [0.25, 0.3) is 10.6 Å². The van der Waals surface area contributed by atoms with E-state index in [1.165, 1.54) is 11.1 Å². The molecule has 0 bridgehead atoms. The van der Waals surface area contributed by atoms with Crippen LogP contribution in [-0.4, -0.2) is 22.2 Å². The summed E-state index contributed by atoms with van der Waals surface area (Å²) >= 11 is 1.59. The van der Waals surface area contributed by atoms with Gasteiger partial charge in [-0.3, -0.25) is 9.59 Å². The number of rotatable bonds is 5. The van der Waals surface area contributed by atoms with Crippen molar-refractivity contribution >= 4 is 17.2 Å². The fraction of sp³-hybridized carbons (Fsp3) is 0.500. The maximum absolute atomic E-state index is 12.3. The number of amides is 1. The molecule has 5 nitrogen and oxygen atoms in total. The van der Waals surface area contributed by atoms with Gasteiger partial charge in [0.15, 0.2) is 0 Å². The number of carbonyl (C=O) groups is 1. The van der Waals surface area contributed by atoms with Crippen LogP contribution in [0.5, 0.6) is 0 Å². The van der Waals surface area contributed by atoms with E-state index in [9.17, 15) is 9.59 Å². The molecule has 1 unspecified atom stereocenters. The van der Waals surface area contributed by atoms with E-state index in [0.29, 0.717) is 6.54 Å². The van der Waals surface area contributed by atoms with Crippen LogP contribution in [0.3, 0.4) is 0 Å². The zero-order chi connectivity index (χ0) is 16.9. The molecule has 1 aliphatic rings. The summed E-state index contributed by atoms with van der Waals surface area (Å²) in [6, 6.07) is 7.06. The van der Waals surface area contributed by atoms with E-state index in [1.54, 1.807) is 23.5 Å². The molecule has 0 spiro atoms. The average molecular weight is 345 g/mol. The van der Waals surface area contributed by atoms with Gasteiger partial charge >= 0.3 is 0 Å². The van der Waals surface area contributed by atoms with E-state index in [4.69, 9.17) is 0 Å². The first-order valence-corrected chi connectivity index (χ1v) is 9.44. The lowest BCUT2D eigenvalue weighted by molar-refractivity contribution is -0.126. The molecule has 2 aromatic heterocycles. The van der Waals surface area contributed by atoms with Crippen molar-refractivity contribution in [2.24, 2.45) is 5.92 Å². The van der Waals surface area contributed by atoms with Crippen LogP contribution in [0.15, 0.2) is 34.4 Å². The van der Waals surface area contributed by atoms with Crippen LogP contribution in [-0.2, 0) is 4.79 Å². The molecule has 0 radical (unpaired) electrons. The van der Waals surface area contributed by atoms with Crippen LogP contribution < -0.4 is 10.9 Å². The van der Waals surface area contributed by atoms with Gasteiger partial charge in [-0.05, 0) is 37.3 Å². The smallest absolute Gasteiger partial charge is 0.267 e. The average Bonchev–Trinajstić information content (AvgIpc) is 3.15. The molecule has 6 heteroatoms. The van der Waals surface area contributed by atoms with Crippen LogP contribution in [0.2, 0.25) is 0 Å². The highest BCUT2D eigenvalue weighted by molar-refractivity contribution is 7.13. The van der Waals surface area contributed by atoms with E-state index in [2.05, 4.69) is 10.4 Å². The number of hydrogen-bond donors (Lipinski definition) is 1. The Hall–Kier alpha value is -1.95. The van der Waals surface area contributed by atoms with Crippen molar-refractivity contribution in [3.8, 4) is 10.6 Å². The molecule has 24 heavy (non-hydrogen) atoms. The van der Waals surface area contributed by atoms with Gasteiger partial charge in [-0.25, -0.2) is 4.68 Å². The van der Waals surface area contributed by atoms with E-state index in [0.717, 1.165) is 36.3 Å². The Labute approximate surface area is 145 Å². The highest BCUT2D eigenvalue weighted by Gasteiger charge is 2.21. The van der Waals surface area contributed by atoms with Crippen molar-refractivity contribution in [2.45, 2.75) is 45.1 Å². The Balaban J connectivity index is 1.66. The number of nitrogens with one attached hydrogen (secondary N) is 1. The van der Waals surface area contributed by atoms with Crippen LogP contribution >= 0.6 is 11.3 Å². The summed E-state index contributed by atoms with van der Waals surface area (Å²) < 4.78 is 1.47. The summed E-state index contributed by atoms with van der Waals surface area (Å²) in [5, 5.41) is 9.45. The normalized spacial score (nSPS) is 16.7. The summed E-state index contributed by atoms with van der Waals surface area (Å²) in [7, 11) is 0. The molecular weight excluding hydrogens is 322 g/mol. The topological polar surface area (TPSA) is 64.0 Å². The first kappa shape index (κ1) is 16.9. The lowest BCUT2D eigenvalue weighted by Crippen LogP contribution is -2.38. The highest BCUT2D eigenvalue weighted by Crippen LogP contribution is 2.24. The molecule has 1 saturated carbocycles. The Morgan fingerprint density at radius 2 is 2.12 bits per heavy atom. The minimum Gasteiger partial charge on any atom is -0.354 e. The summed E-state index contributed by atoms with van der Waals surface area (Å²) in [4.78, 5) is 25.4. The van der Waals surface area contributed by atoms with E-state index in [1.807, 2.05) is 24.4 Å². The molecule has 128 valence electrons. The summed E-state index contributed by atoms with van der Waals surface area (Å²) in [5.41, 5.74) is 0.643. The van der Waals surface area contributed by atoms with Crippen LogP contribution in [0.1, 0.15) is 45.1 Å². The molecule has 2 aromatic rings. The second-order valence-corrected chi connectivity index (χ2v) is 7.36. The van der Waals surface area contributed by atoms with Gasteiger partial charge in [0.2, 0.25) is 5.91 Å². The zero-order valence-electron chi connectivity index (χ0n) is 13.9. The lowest BCUT2D eigenvalue weighted by Gasteiger charge is -2.22. The summed E-state index contributed by atoms with van der Waals surface area (Å²) in [6.45, 7) is 2.34. The van der Waals surface area contributed by atoms with Crippen molar-refractivity contribution < 1.29 is 4.79 Å². The Morgan fingerprint density at radius 1 is 1.33 bits per heavy atom. The van der Waals surface area contributed by atoms with Gasteiger partial charge < -0.3 is 5.32 Å². The van der Waals surface area contributed by atoms with Crippen LogP contribution in [0, 0.1) is 5.92 Å². The first-order chi connectivity index (χ1) is 11.6. The Bertz CT molecular complexity index is 733. The number of aromatic nitrogens is 2. The molecular formula is C18H23N3O2S. The fourth-order valence-corrected chi connectivity index (χ4v) is 3.83. The van der Waals surface area contributed by atoms with E-state index < -0.39 is 0 Å². The number of nitrogens with zero attached hydrogens (tertiary/aromatic N) is 2. The quantitative estimate of drug-likeness (QED) is 0.905. The second kappa shape index (κ2) is 7.75. The Kier molecular flexibility index (Phi) is 5.45. The molecule has 0 aromatic carbocycles. The van der Waals surface area contributed by atoms with Crippen molar-refractivity contribution in [1.29, 1.82) is 0 Å². The van der Waals surface area contributed by atoms with E-state index in [-0.39, 0.29) is 23.4 Å². The van der Waals surface area contributed by atoms with Gasteiger partial charge in [0.05, 0.1) is 10.9 Å². The SMILES string of the molecule is CC(CNC(=O)C1CCCCC1)n1nc(-c2cccs2)ccc1=O. The fourth-order valence-electron chi connectivity index (χ4n) is 3.14. The van der Waals surface area contributed by atoms with Gasteiger partial charge in [0.25, 0.3) is 5.56 Å². The van der Waals surface area contributed by atoms with Crippen LogP contribution in [0.4, 0.5) is 0 Å². The molecule has 0 saturated heterocycles. The minimum absolute atomic E-state index is 0.115. The van der Waals surface area contributed by atoms with Gasteiger partial charge in [-0.15, -0.1) is 11.3 Å². The van der Waals surface area contributed by atoms with E-state index >= 15 is 0 Å². The molecule has 1 atom stereocenters. The standard InChI is InChI=1S/C18H23N3O2S/c1-13(12-19-18(23)14-6-3-2-4-7-14)21-17(22)10-9-15(20-21)16-8-5-11-24-16/h5,8-11,13-14H,2-4,6-7,12H2,1H3,(H,19,23). The molecule has 3 rings (SSSR count).